The van der Waals surface area contributed by atoms with Crippen LogP contribution >= 0.6 is 35.0 Å². The van der Waals surface area contributed by atoms with E-state index in [-0.39, 0.29) is 17.9 Å². The molecule has 1 unspecified atom stereocenters. The molecule has 1 aromatic carbocycles. The molecule has 0 saturated heterocycles. The molecule has 1 amide bonds. The number of allylic oxidation sites excluding steroid dienone is 7. The summed E-state index contributed by atoms with van der Waals surface area (Å²) in [6, 6.07) is 8.50. The van der Waals surface area contributed by atoms with Crippen LogP contribution in [0.3, 0.4) is 0 Å². The number of thioether (sulfide) groups is 1. The number of carbonyl (C=O) groups is 1. The van der Waals surface area contributed by atoms with Gasteiger partial charge in [-0.1, -0.05) is 92.7 Å². The number of nitrogens with one attached hydrogen (secondary N) is 1. The Bertz CT molecular complexity index is 1020. The van der Waals surface area contributed by atoms with Crippen LogP contribution in [-0.4, -0.2) is 17.7 Å². The molecule has 0 aromatic heterocycles. The first kappa shape index (κ1) is 30.0. The molecule has 1 heterocycles. The molecule has 184 valence electrons. The highest BCUT2D eigenvalue weighted by Gasteiger charge is 2.18. The van der Waals surface area contributed by atoms with E-state index < -0.39 is 0 Å². The zero-order valence-electron chi connectivity index (χ0n) is 21.0. The van der Waals surface area contributed by atoms with E-state index >= 15 is 0 Å². The van der Waals surface area contributed by atoms with Crippen LogP contribution in [0.15, 0.2) is 91.8 Å². The van der Waals surface area contributed by atoms with Crippen molar-refractivity contribution >= 4 is 46.6 Å². The molecule has 2 rings (SSSR count). The van der Waals surface area contributed by atoms with Gasteiger partial charge >= 0.3 is 0 Å². The third-order valence-corrected chi connectivity index (χ3v) is 6.96. The van der Waals surface area contributed by atoms with Crippen LogP contribution in [0.25, 0.3) is 0 Å². The average molecular weight is 520 g/mol. The molecule has 1 aliphatic heterocycles. The van der Waals surface area contributed by atoms with Crippen molar-refractivity contribution < 1.29 is 4.79 Å². The number of nitrogens with zero attached hydrogens (tertiary/aromatic N) is 1. The minimum absolute atomic E-state index is 0.0463. The van der Waals surface area contributed by atoms with Gasteiger partial charge in [-0.25, -0.2) is 0 Å². The summed E-state index contributed by atoms with van der Waals surface area (Å²) in [5.74, 6) is -0.0348. The van der Waals surface area contributed by atoms with Gasteiger partial charge in [0, 0.05) is 32.0 Å². The lowest BCUT2D eigenvalue weighted by Crippen LogP contribution is -2.33. The molecule has 34 heavy (non-hydrogen) atoms. The zero-order valence-corrected chi connectivity index (χ0v) is 23.4. The van der Waals surface area contributed by atoms with Crippen LogP contribution < -0.4 is 5.32 Å². The van der Waals surface area contributed by atoms with Crippen molar-refractivity contribution in [1.29, 1.82) is 0 Å². The van der Waals surface area contributed by atoms with Crippen molar-refractivity contribution in [3.8, 4) is 0 Å². The predicted octanol–water partition coefficient (Wildman–Crippen LogP) is 8.77. The molecule has 0 fully saturated rings. The van der Waals surface area contributed by atoms with Crippen molar-refractivity contribution in [2.45, 2.75) is 65.3 Å². The first-order valence-corrected chi connectivity index (χ1v) is 13.0. The number of aliphatic imine (C=N–C) groups is 1. The summed E-state index contributed by atoms with van der Waals surface area (Å²) in [5.41, 5.74) is 3.94. The quantitative estimate of drug-likeness (QED) is 0.276. The molecule has 1 N–H and O–H groups in total. The maximum Gasteiger partial charge on any atom is 0.226 e. The third-order valence-electron chi connectivity index (χ3n) is 4.94. The van der Waals surface area contributed by atoms with E-state index in [1.54, 1.807) is 23.9 Å². The SMILES string of the molecule is C=C/C(=C\C(Cl)=C(\Cl)CC)C1=NC(CC)=C(C)Sc2ccccc21.C=CC(C)C(=O)NC(C)C. The maximum absolute atomic E-state index is 11.0. The molecule has 1 aromatic rings. The summed E-state index contributed by atoms with van der Waals surface area (Å²) in [7, 11) is 0. The Labute approximate surface area is 219 Å². The molecule has 3 nitrogen and oxygen atoms in total. The highest BCUT2D eigenvalue weighted by atomic mass is 35.5. The van der Waals surface area contributed by atoms with Crippen LogP contribution in [-0.2, 0) is 4.79 Å². The fourth-order valence-electron chi connectivity index (χ4n) is 2.93. The van der Waals surface area contributed by atoms with Gasteiger partial charge < -0.3 is 5.32 Å². The van der Waals surface area contributed by atoms with Gasteiger partial charge in [-0.3, -0.25) is 9.79 Å². The standard InChI is InChI=1S/C20H21Cl2NS.C8H15NO/c1-5-14(12-17(22)16(21)6-2)20-15-10-8-9-11-19(15)24-13(4)18(7-3)23-20;1-5-7(4)8(10)9-6(2)3/h5,8-12H,1,6-7H2,2-4H3;5-7H,1H2,2-4H3,(H,9,10)/b14-12+,17-16-;. The number of rotatable bonds is 8. The maximum atomic E-state index is 11.0. The van der Waals surface area contributed by atoms with E-state index in [0.29, 0.717) is 16.5 Å². The molecule has 0 saturated carbocycles. The van der Waals surface area contributed by atoms with Crippen LogP contribution in [0.2, 0.25) is 0 Å². The van der Waals surface area contributed by atoms with Gasteiger partial charge in [0.2, 0.25) is 5.91 Å². The molecule has 0 radical (unpaired) electrons. The smallest absolute Gasteiger partial charge is 0.226 e. The lowest BCUT2D eigenvalue weighted by molar-refractivity contribution is -0.123. The lowest BCUT2D eigenvalue weighted by Gasteiger charge is -2.10. The van der Waals surface area contributed by atoms with E-state index in [0.717, 1.165) is 29.0 Å². The summed E-state index contributed by atoms with van der Waals surface area (Å²) in [6.45, 7) is 19.4. The molecular weight excluding hydrogens is 483 g/mol. The Hall–Kier alpha value is -2.01. The summed E-state index contributed by atoms with van der Waals surface area (Å²) in [6.07, 6.45) is 6.85. The van der Waals surface area contributed by atoms with Crippen molar-refractivity contribution in [2.24, 2.45) is 10.9 Å². The largest absolute Gasteiger partial charge is 0.353 e. The summed E-state index contributed by atoms with van der Waals surface area (Å²) >= 11 is 14.3. The highest BCUT2D eigenvalue weighted by molar-refractivity contribution is 8.03. The Morgan fingerprint density at radius 1 is 1.18 bits per heavy atom. The van der Waals surface area contributed by atoms with E-state index in [1.807, 2.05) is 45.9 Å². The first-order valence-electron chi connectivity index (χ1n) is 11.5. The normalized spacial score (nSPS) is 15.2. The number of amides is 1. The van der Waals surface area contributed by atoms with Gasteiger partial charge in [-0.2, -0.15) is 0 Å². The fraction of sp³-hybridized carbons (Fsp3) is 0.357. The molecule has 0 aliphatic carbocycles. The van der Waals surface area contributed by atoms with Crippen LogP contribution in [0.4, 0.5) is 0 Å². The van der Waals surface area contributed by atoms with Gasteiger partial charge in [0.25, 0.3) is 0 Å². The van der Waals surface area contributed by atoms with Crippen LogP contribution in [0.5, 0.6) is 0 Å². The monoisotopic (exact) mass is 518 g/mol. The highest BCUT2D eigenvalue weighted by Crippen LogP contribution is 2.37. The van der Waals surface area contributed by atoms with E-state index in [4.69, 9.17) is 28.2 Å². The van der Waals surface area contributed by atoms with Gasteiger partial charge in [-0.15, -0.1) is 6.58 Å². The molecule has 1 atom stereocenters. The third kappa shape index (κ3) is 8.98. The van der Waals surface area contributed by atoms with Crippen molar-refractivity contribution in [1.82, 2.24) is 5.32 Å². The topological polar surface area (TPSA) is 41.5 Å². The summed E-state index contributed by atoms with van der Waals surface area (Å²) < 4.78 is 0. The number of hydrogen-bond acceptors (Lipinski definition) is 3. The molecule has 6 heteroatoms. The number of carbonyl (C=O) groups excluding carboxylic acids is 1. The second-order valence-corrected chi connectivity index (χ2v) is 10.1. The van der Waals surface area contributed by atoms with Gasteiger partial charge in [-0.05, 0) is 45.8 Å². The summed E-state index contributed by atoms with van der Waals surface area (Å²) in [5, 5.41) is 3.95. The van der Waals surface area contributed by atoms with Gasteiger partial charge in [0.15, 0.2) is 0 Å². The van der Waals surface area contributed by atoms with Gasteiger partial charge in [0.1, 0.15) is 0 Å². The minimum atomic E-state index is -0.0811. The predicted molar refractivity (Wildman–Crippen MR) is 152 cm³/mol. The second-order valence-electron chi connectivity index (χ2n) is 8.01. The average Bonchev–Trinajstić information content (AvgIpc) is 2.96. The minimum Gasteiger partial charge on any atom is -0.353 e. The number of hydrogen-bond donors (Lipinski definition) is 1. The van der Waals surface area contributed by atoms with Crippen LogP contribution in [0.1, 0.15) is 59.9 Å². The Morgan fingerprint density at radius 3 is 2.35 bits per heavy atom. The van der Waals surface area contributed by atoms with Crippen LogP contribution in [0, 0.1) is 5.92 Å². The second kappa shape index (κ2) is 15.1. The Morgan fingerprint density at radius 2 is 1.82 bits per heavy atom. The van der Waals surface area contributed by atoms with Gasteiger partial charge in [0.05, 0.1) is 22.4 Å². The number of benzene rings is 1. The molecule has 0 spiro atoms. The molecular formula is C28H36Cl2N2OS. The molecule has 0 bridgehead atoms. The van der Waals surface area contributed by atoms with E-state index in [9.17, 15) is 4.79 Å². The van der Waals surface area contributed by atoms with E-state index in [2.05, 4.69) is 44.5 Å². The van der Waals surface area contributed by atoms with Crippen molar-refractivity contribution in [3.63, 3.8) is 0 Å². The zero-order chi connectivity index (χ0) is 25.8. The number of halogens is 2. The fourth-order valence-corrected chi connectivity index (χ4v) is 4.29. The first-order chi connectivity index (χ1) is 16.1. The van der Waals surface area contributed by atoms with E-state index in [1.165, 1.54) is 9.80 Å². The van der Waals surface area contributed by atoms with Crippen molar-refractivity contribution in [2.75, 3.05) is 0 Å². The molecule has 1 aliphatic rings. The Kier molecular flexibility index (Phi) is 13.3. The lowest BCUT2D eigenvalue weighted by atomic mass is 10.0. The summed E-state index contributed by atoms with van der Waals surface area (Å²) in [4.78, 5) is 18.3. The number of fused-ring (bicyclic) bond motifs is 1. The Balaban J connectivity index is 0.000000489. The van der Waals surface area contributed by atoms with Crippen molar-refractivity contribution in [3.05, 3.63) is 87.5 Å².